The molecule has 0 saturated carbocycles. The van der Waals surface area contributed by atoms with Gasteiger partial charge in [-0.3, -0.25) is 4.57 Å². The standard InChI is InChI=1S/C12H27O3PS/c1-3-5-9-14-16(13,11-7-8-12-17)15-10-6-4-2/h17H,3-12H2,1-2H3. The van der Waals surface area contributed by atoms with Crippen LogP contribution in [0.25, 0.3) is 0 Å². The first-order valence-electron chi connectivity index (χ1n) is 6.67. The van der Waals surface area contributed by atoms with Gasteiger partial charge in [0.2, 0.25) is 0 Å². The highest BCUT2D eigenvalue weighted by Crippen LogP contribution is 2.49. The number of hydrogen-bond acceptors (Lipinski definition) is 4. The molecule has 0 rings (SSSR count). The van der Waals surface area contributed by atoms with Crippen LogP contribution in [0, 0.1) is 0 Å². The Bertz CT molecular complexity index is 179. The average Bonchev–Trinajstić information content (AvgIpc) is 2.30. The van der Waals surface area contributed by atoms with Crippen LogP contribution in [0.5, 0.6) is 0 Å². The molecule has 0 spiro atoms. The maximum atomic E-state index is 12.4. The van der Waals surface area contributed by atoms with Crippen molar-refractivity contribution in [1.82, 2.24) is 0 Å². The Morgan fingerprint density at radius 3 is 1.88 bits per heavy atom. The molecule has 0 aromatic rings. The van der Waals surface area contributed by atoms with Crippen LogP contribution in [0.4, 0.5) is 0 Å². The molecule has 0 amide bonds. The summed E-state index contributed by atoms with van der Waals surface area (Å²) in [5.74, 6) is 0.823. The second-order valence-electron chi connectivity index (χ2n) is 4.14. The molecule has 0 aliphatic rings. The van der Waals surface area contributed by atoms with Crippen molar-refractivity contribution in [1.29, 1.82) is 0 Å². The van der Waals surface area contributed by atoms with Gasteiger partial charge in [-0.2, -0.15) is 12.6 Å². The summed E-state index contributed by atoms with van der Waals surface area (Å²) < 4.78 is 23.3. The van der Waals surface area contributed by atoms with Crippen LogP contribution in [0.2, 0.25) is 0 Å². The van der Waals surface area contributed by atoms with E-state index in [4.69, 9.17) is 9.05 Å². The summed E-state index contributed by atoms with van der Waals surface area (Å²) in [5, 5.41) is 0. The van der Waals surface area contributed by atoms with Crippen molar-refractivity contribution >= 4 is 20.2 Å². The summed E-state index contributed by atoms with van der Waals surface area (Å²) in [7, 11) is -2.84. The Kier molecular flexibility index (Phi) is 11.9. The Morgan fingerprint density at radius 1 is 0.941 bits per heavy atom. The zero-order valence-electron chi connectivity index (χ0n) is 11.2. The predicted octanol–water partition coefficient (Wildman–Crippen LogP) is 4.52. The van der Waals surface area contributed by atoms with Crippen LogP contribution in [-0.2, 0) is 13.6 Å². The van der Waals surface area contributed by atoms with E-state index < -0.39 is 7.60 Å². The van der Waals surface area contributed by atoms with Gasteiger partial charge in [0.05, 0.1) is 19.4 Å². The minimum atomic E-state index is -2.84. The third kappa shape index (κ3) is 10.1. The monoisotopic (exact) mass is 282 g/mol. The van der Waals surface area contributed by atoms with Gasteiger partial charge in [-0.25, -0.2) is 0 Å². The smallest absolute Gasteiger partial charge is 0.309 e. The summed E-state index contributed by atoms with van der Waals surface area (Å²) in [4.78, 5) is 0. The topological polar surface area (TPSA) is 35.5 Å². The summed E-state index contributed by atoms with van der Waals surface area (Å²) in [5.41, 5.74) is 0. The molecule has 0 aromatic heterocycles. The van der Waals surface area contributed by atoms with Gasteiger partial charge in [0, 0.05) is 0 Å². The molecule has 17 heavy (non-hydrogen) atoms. The Morgan fingerprint density at radius 2 is 1.47 bits per heavy atom. The van der Waals surface area contributed by atoms with Gasteiger partial charge in [0.25, 0.3) is 0 Å². The maximum absolute atomic E-state index is 12.4. The van der Waals surface area contributed by atoms with Crippen molar-refractivity contribution in [3.8, 4) is 0 Å². The third-order valence-electron chi connectivity index (χ3n) is 2.41. The third-order valence-corrected chi connectivity index (χ3v) is 4.74. The fraction of sp³-hybridized carbons (Fsp3) is 1.00. The van der Waals surface area contributed by atoms with Gasteiger partial charge in [-0.05, 0) is 31.4 Å². The molecular formula is C12H27O3PS. The van der Waals surface area contributed by atoms with E-state index in [2.05, 4.69) is 26.5 Å². The maximum Gasteiger partial charge on any atom is 0.330 e. The van der Waals surface area contributed by atoms with Gasteiger partial charge < -0.3 is 9.05 Å². The molecule has 0 bridgehead atoms. The summed E-state index contributed by atoms with van der Waals surface area (Å²) in [6.07, 6.45) is 6.32. The van der Waals surface area contributed by atoms with Gasteiger partial charge in [-0.15, -0.1) is 0 Å². The fourth-order valence-corrected chi connectivity index (χ4v) is 3.26. The molecular weight excluding hydrogens is 255 g/mol. The average molecular weight is 282 g/mol. The Labute approximate surface area is 112 Å². The van der Waals surface area contributed by atoms with Gasteiger partial charge in [0.15, 0.2) is 0 Å². The highest BCUT2D eigenvalue weighted by molar-refractivity contribution is 7.80. The van der Waals surface area contributed by atoms with Crippen LogP contribution in [-0.4, -0.2) is 25.1 Å². The van der Waals surface area contributed by atoms with Crippen molar-refractivity contribution in [2.24, 2.45) is 0 Å². The second kappa shape index (κ2) is 11.6. The van der Waals surface area contributed by atoms with E-state index in [0.717, 1.165) is 44.3 Å². The van der Waals surface area contributed by atoms with E-state index >= 15 is 0 Å². The van der Waals surface area contributed by atoms with E-state index in [-0.39, 0.29) is 0 Å². The van der Waals surface area contributed by atoms with Crippen LogP contribution < -0.4 is 0 Å². The molecule has 0 N–H and O–H groups in total. The molecule has 104 valence electrons. The first kappa shape index (κ1) is 17.5. The Hall–Kier alpha value is 0.500. The molecule has 0 atom stereocenters. The highest BCUT2D eigenvalue weighted by atomic mass is 32.1. The molecule has 5 heteroatoms. The normalized spacial score (nSPS) is 11.9. The molecule has 0 radical (unpaired) electrons. The summed E-state index contributed by atoms with van der Waals surface area (Å²) in [6.45, 7) is 5.27. The zero-order chi connectivity index (χ0) is 13.0. The van der Waals surface area contributed by atoms with Crippen molar-refractivity contribution in [3.05, 3.63) is 0 Å². The summed E-state index contributed by atoms with van der Waals surface area (Å²) in [6, 6.07) is 0. The molecule has 0 unspecified atom stereocenters. The minimum Gasteiger partial charge on any atom is -0.309 e. The molecule has 0 saturated heterocycles. The lowest BCUT2D eigenvalue weighted by molar-refractivity contribution is 0.199. The van der Waals surface area contributed by atoms with Crippen LogP contribution in [0.15, 0.2) is 0 Å². The number of rotatable bonds is 12. The van der Waals surface area contributed by atoms with E-state index in [0.29, 0.717) is 19.4 Å². The van der Waals surface area contributed by atoms with Crippen LogP contribution in [0.3, 0.4) is 0 Å². The molecule has 0 aliphatic carbocycles. The van der Waals surface area contributed by atoms with Gasteiger partial charge in [-0.1, -0.05) is 26.7 Å². The van der Waals surface area contributed by atoms with Crippen molar-refractivity contribution in [2.75, 3.05) is 25.1 Å². The number of unbranched alkanes of at least 4 members (excludes halogenated alkanes) is 3. The largest absolute Gasteiger partial charge is 0.330 e. The lowest BCUT2D eigenvalue weighted by Gasteiger charge is -2.18. The summed E-state index contributed by atoms with van der Waals surface area (Å²) >= 11 is 4.15. The molecule has 0 fully saturated rings. The number of thiol groups is 1. The lowest BCUT2D eigenvalue weighted by atomic mass is 10.4. The van der Waals surface area contributed by atoms with E-state index in [1.54, 1.807) is 0 Å². The first-order valence-corrected chi connectivity index (χ1v) is 9.03. The minimum absolute atomic E-state index is 0.529. The van der Waals surface area contributed by atoms with E-state index in [9.17, 15) is 4.57 Å². The second-order valence-corrected chi connectivity index (χ2v) is 6.77. The molecule has 0 aromatic carbocycles. The SMILES string of the molecule is CCCCOP(=O)(CCCCS)OCCCC. The van der Waals surface area contributed by atoms with Crippen molar-refractivity contribution in [2.45, 2.75) is 52.4 Å². The fourth-order valence-electron chi connectivity index (χ4n) is 1.28. The van der Waals surface area contributed by atoms with E-state index in [1.165, 1.54) is 0 Å². The van der Waals surface area contributed by atoms with Gasteiger partial charge in [0.1, 0.15) is 0 Å². The zero-order valence-corrected chi connectivity index (χ0v) is 13.0. The molecule has 0 aliphatic heterocycles. The van der Waals surface area contributed by atoms with Gasteiger partial charge >= 0.3 is 7.60 Å². The quantitative estimate of drug-likeness (QED) is 0.325. The van der Waals surface area contributed by atoms with E-state index in [1.807, 2.05) is 0 Å². The van der Waals surface area contributed by atoms with Crippen LogP contribution in [0.1, 0.15) is 52.4 Å². The molecule has 0 heterocycles. The van der Waals surface area contributed by atoms with Crippen molar-refractivity contribution < 1.29 is 13.6 Å². The lowest BCUT2D eigenvalue weighted by Crippen LogP contribution is -2.03. The Balaban J connectivity index is 4.00. The molecule has 3 nitrogen and oxygen atoms in total. The first-order chi connectivity index (χ1) is 8.18. The predicted molar refractivity (Wildman–Crippen MR) is 77.3 cm³/mol. The van der Waals surface area contributed by atoms with Crippen LogP contribution >= 0.6 is 20.2 Å². The number of hydrogen-bond donors (Lipinski definition) is 1. The highest BCUT2D eigenvalue weighted by Gasteiger charge is 2.23. The van der Waals surface area contributed by atoms with Crippen molar-refractivity contribution in [3.63, 3.8) is 0 Å².